The second-order valence-corrected chi connectivity index (χ2v) is 16.6. The Morgan fingerprint density at radius 3 is 1.79 bits per heavy atom. The number of rotatable bonds is 6. The van der Waals surface area contributed by atoms with Crippen LogP contribution in [-0.2, 0) is 0 Å². The van der Waals surface area contributed by atoms with E-state index in [1.54, 1.807) is 15.9 Å². The van der Waals surface area contributed by atoms with Gasteiger partial charge in [0.25, 0.3) is 0 Å². The Kier molecular flexibility index (Phi) is 6.75. The molecule has 4 aromatic heterocycles. The van der Waals surface area contributed by atoms with Gasteiger partial charge in [-0.1, -0.05) is 176 Å². The molecule has 0 aliphatic carbocycles. The van der Waals surface area contributed by atoms with Gasteiger partial charge >= 0.3 is 0 Å². The molecular weight excluding hydrogens is 787 g/mol. The molecule has 0 atom stereocenters. The van der Waals surface area contributed by atoms with Crippen LogP contribution in [0.3, 0.4) is 0 Å². The summed E-state index contributed by atoms with van der Waals surface area (Å²) in [5.74, 6) is 1.25. The number of hydrogen-bond acceptors (Lipinski definition) is 4. The summed E-state index contributed by atoms with van der Waals surface area (Å²) in [7, 11) is 0. The fraction of sp³-hybridized carbons (Fsp3) is 0. The smallest absolute Gasteiger partial charge is 0.238 e. The number of fused-ring (bicyclic) bond motifs is 9. The highest BCUT2D eigenvalue weighted by Crippen LogP contribution is 2.44. The third-order valence-corrected chi connectivity index (χ3v) is 13.2. The molecule has 4 heterocycles. The molecule has 63 heavy (non-hydrogen) atoms. The van der Waals surface area contributed by atoms with E-state index in [9.17, 15) is 5.48 Å². The van der Waals surface area contributed by atoms with Gasteiger partial charge in [0.05, 0.1) is 36.0 Å². The Morgan fingerprint density at radius 2 is 1.02 bits per heavy atom. The Hall–Kier alpha value is -8.19. The predicted octanol–water partition coefficient (Wildman–Crippen LogP) is 15.1. The molecule has 0 aliphatic rings. The molecule has 0 saturated carbocycles. The molecule has 5 nitrogen and oxygen atoms in total. The molecule has 6 heteroatoms. The Morgan fingerprint density at radius 1 is 0.381 bits per heavy atom. The highest BCUT2D eigenvalue weighted by atomic mass is 32.1. The van der Waals surface area contributed by atoms with Crippen molar-refractivity contribution in [3.05, 3.63) is 212 Å². The van der Waals surface area contributed by atoms with Crippen molar-refractivity contribution in [1.82, 2.24) is 24.1 Å². The number of nitrogens with zero attached hydrogens (tertiary/aromatic N) is 5. The van der Waals surface area contributed by atoms with E-state index in [2.05, 4.69) is 71.3 Å². The number of para-hydroxylation sites is 3. The summed E-state index contributed by atoms with van der Waals surface area (Å²) in [5, 5.41) is 4.68. The molecule has 0 bridgehead atoms. The summed E-state index contributed by atoms with van der Waals surface area (Å²) in [6.45, 7) is 0. The lowest BCUT2D eigenvalue weighted by Crippen LogP contribution is -2.07. The van der Waals surface area contributed by atoms with Gasteiger partial charge in [-0.2, -0.15) is 9.97 Å². The maximum absolute atomic E-state index is 9.42. The van der Waals surface area contributed by atoms with Gasteiger partial charge < -0.3 is 4.57 Å². The summed E-state index contributed by atoms with van der Waals surface area (Å²) < 4.78 is 60.7. The van der Waals surface area contributed by atoms with Crippen LogP contribution in [0.5, 0.6) is 0 Å². The van der Waals surface area contributed by atoms with Crippen molar-refractivity contribution >= 4 is 75.1 Å². The third-order valence-electron chi connectivity index (χ3n) is 12.0. The van der Waals surface area contributed by atoms with E-state index in [0.29, 0.717) is 28.8 Å². The molecule has 9 aromatic carbocycles. The Bertz CT molecular complexity index is 4210. The van der Waals surface area contributed by atoms with Crippen LogP contribution < -0.4 is 0 Å². The van der Waals surface area contributed by atoms with E-state index in [0.717, 1.165) is 69.8 Å². The topological polar surface area (TPSA) is 48.5 Å². The van der Waals surface area contributed by atoms with E-state index >= 15 is 0 Å². The van der Waals surface area contributed by atoms with Crippen LogP contribution in [0.1, 0.15) is 8.22 Å². The average molecular weight is 828 g/mol. The first-order chi connectivity index (χ1) is 33.7. The monoisotopic (exact) mass is 827 g/mol. The summed E-state index contributed by atoms with van der Waals surface area (Å²) in [4.78, 5) is 15.8. The van der Waals surface area contributed by atoms with E-state index in [4.69, 9.17) is 17.7 Å². The van der Waals surface area contributed by atoms with Gasteiger partial charge in [-0.3, -0.25) is 4.57 Å². The van der Waals surface area contributed by atoms with Crippen LogP contribution in [0, 0.1) is 0 Å². The number of aromatic nitrogens is 5. The van der Waals surface area contributed by atoms with Crippen molar-refractivity contribution in [2.24, 2.45) is 0 Å². The van der Waals surface area contributed by atoms with Crippen molar-refractivity contribution in [2.45, 2.75) is 0 Å². The second kappa shape index (κ2) is 14.2. The molecule has 0 unspecified atom stereocenters. The number of hydrogen-bond donors (Lipinski definition) is 0. The SMILES string of the molecule is [2H]c1cc([2H])c2c(c1[2H])c1c([2H])c([2H])cc([2H])c1n2-c1cc(-c2nc(-c3ccccc3)nc(-n3c4ccccc4c4ccc(-c5ccccc5)cc43)n2)ccc1-c1cccc2c1sc1ccccc12. The number of thiophene rings is 1. The largest absolute Gasteiger partial charge is 0.309 e. The fourth-order valence-corrected chi connectivity index (χ4v) is 10.3. The van der Waals surface area contributed by atoms with Gasteiger partial charge in [0.15, 0.2) is 11.6 Å². The number of benzene rings is 9. The van der Waals surface area contributed by atoms with E-state index in [1.165, 1.54) is 12.1 Å². The van der Waals surface area contributed by atoms with Crippen LogP contribution >= 0.6 is 11.3 Å². The minimum atomic E-state index is -0.177. The zero-order chi connectivity index (χ0) is 46.7. The minimum Gasteiger partial charge on any atom is -0.309 e. The van der Waals surface area contributed by atoms with Crippen LogP contribution in [0.15, 0.2) is 212 Å². The van der Waals surface area contributed by atoms with Gasteiger partial charge in [0.2, 0.25) is 5.95 Å². The van der Waals surface area contributed by atoms with E-state index in [-0.39, 0.29) is 58.1 Å². The molecule has 0 aliphatic heterocycles. The maximum Gasteiger partial charge on any atom is 0.238 e. The van der Waals surface area contributed by atoms with Crippen molar-refractivity contribution in [3.63, 3.8) is 0 Å². The lowest BCUT2D eigenvalue weighted by Gasteiger charge is -2.17. The fourth-order valence-electron chi connectivity index (χ4n) is 9.10. The van der Waals surface area contributed by atoms with Gasteiger partial charge in [0, 0.05) is 64.0 Å². The molecule has 294 valence electrons. The first kappa shape index (κ1) is 29.9. The summed E-state index contributed by atoms with van der Waals surface area (Å²) in [6.07, 6.45) is 0. The zero-order valence-electron chi connectivity index (χ0n) is 39.4. The lowest BCUT2D eigenvalue weighted by molar-refractivity contribution is 0.953. The standard InChI is InChI=1S/C57H35N5S/c1-3-16-36(17-4-1)38-30-32-43-42-22-9-13-28-50(42)62(52(43)34-38)57-59-55(37-18-5-2-6-19-37)58-56(60-57)39-31-33-44(46-24-15-25-47-45-23-10-14-29-53(45)63-54(46)47)51(35-39)61-48-26-11-7-20-40(48)41-21-8-12-27-49(41)61/h1-35H/i7D,8D,20D,21D,26D,27D. The summed E-state index contributed by atoms with van der Waals surface area (Å²) in [6, 6.07) is 57.2. The molecule has 0 amide bonds. The normalized spacial score (nSPS) is 13.1. The second-order valence-electron chi connectivity index (χ2n) is 15.5. The molecule has 0 saturated heterocycles. The quantitative estimate of drug-likeness (QED) is 0.168. The van der Waals surface area contributed by atoms with Gasteiger partial charge in [-0.05, 0) is 47.5 Å². The first-order valence-corrected chi connectivity index (χ1v) is 21.5. The Labute approximate surface area is 374 Å². The van der Waals surface area contributed by atoms with Crippen LogP contribution in [0.4, 0.5) is 0 Å². The predicted molar refractivity (Wildman–Crippen MR) is 263 cm³/mol. The molecule has 13 rings (SSSR count). The lowest BCUT2D eigenvalue weighted by atomic mass is 9.98. The molecule has 0 radical (unpaired) electrons. The van der Waals surface area contributed by atoms with Crippen LogP contribution in [0.25, 0.3) is 120 Å². The van der Waals surface area contributed by atoms with Crippen molar-refractivity contribution in [3.8, 4) is 56.7 Å². The summed E-state index contributed by atoms with van der Waals surface area (Å²) >= 11 is 1.68. The highest BCUT2D eigenvalue weighted by Gasteiger charge is 2.22. The highest BCUT2D eigenvalue weighted by molar-refractivity contribution is 7.26. The zero-order valence-corrected chi connectivity index (χ0v) is 34.2. The first-order valence-electron chi connectivity index (χ1n) is 23.7. The molecule has 13 aromatic rings. The van der Waals surface area contributed by atoms with E-state index < -0.39 is 0 Å². The molecule has 0 spiro atoms. The molecule has 0 fully saturated rings. The Balaban J connectivity index is 1.14. The van der Waals surface area contributed by atoms with Crippen molar-refractivity contribution in [1.29, 1.82) is 0 Å². The summed E-state index contributed by atoms with van der Waals surface area (Å²) in [5.41, 5.74) is 8.17. The van der Waals surface area contributed by atoms with Gasteiger partial charge in [-0.25, -0.2) is 4.98 Å². The third kappa shape index (κ3) is 5.66. The van der Waals surface area contributed by atoms with Crippen molar-refractivity contribution in [2.75, 3.05) is 0 Å². The van der Waals surface area contributed by atoms with Gasteiger partial charge in [0.1, 0.15) is 0 Å². The average Bonchev–Trinajstić information content (AvgIpc) is 4.06. The molecule has 0 N–H and O–H groups in total. The van der Waals surface area contributed by atoms with Gasteiger partial charge in [-0.15, -0.1) is 11.3 Å². The molecular formula is C57H35N5S. The van der Waals surface area contributed by atoms with E-state index in [1.807, 2.05) is 97.1 Å². The van der Waals surface area contributed by atoms with Crippen LogP contribution in [-0.4, -0.2) is 24.1 Å². The maximum atomic E-state index is 9.42. The van der Waals surface area contributed by atoms with Crippen molar-refractivity contribution < 1.29 is 8.22 Å². The minimum absolute atomic E-state index is 0.0426. The van der Waals surface area contributed by atoms with Crippen LogP contribution in [0.2, 0.25) is 0 Å².